The van der Waals surface area contributed by atoms with E-state index in [4.69, 9.17) is 16.3 Å². The summed E-state index contributed by atoms with van der Waals surface area (Å²) in [6.45, 7) is 6.86. The van der Waals surface area contributed by atoms with E-state index in [1.165, 1.54) is 11.1 Å². The van der Waals surface area contributed by atoms with Gasteiger partial charge in [-0.25, -0.2) is 0 Å². The van der Waals surface area contributed by atoms with Crippen molar-refractivity contribution in [3.8, 4) is 5.75 Å². The van der Waals surface area contributed by atoms with Crippen molar-refractivity contribution in [3.05, 3.63) is 41.4 Å². The van der Waals surface area contributed by atoms with Gasteiger partial charge in [0.2, 0.25) is 0 Å². The molecule has 0 heterocycles. The Labute approximate surface area is 109 Å². The summed E-state index contributed by atoms with van der Waals surface area (Å²) in [6.07, 6.45) is 1.76. The van der Waals surface area contributed by atoms with E-state index >= 15 is 0 Å². The lowest BCUT2D eigenvalue weighted by atomic mass is 10.2. The Balaban J connectivity index is 2.34. The van der Waals surface area contributed by atoms with Crippen LogP contribution >= 0.6 is 11.6 Å². The highest BCUT2D eigenvalue weighted by Gasteiger charge is 1.96. The van der Waals surface area contributed by atoms with Crippen molar-refractivity contribution in [2.75, 3.05) is 13.2 Å². The maximum Gasteiger partial charge on any atom is 0.119 e. The summed E-state index contributed by atoms with van der Waals surface area (Å²) in [4.78, 5) is 0. The minimum atomic E-state index is 0.508. The summed E-state index contributed by atoms with van der Waals surface area (Å²) in [5, 5.41) is 3.40. The second kappa shape index (κ2) is 8.15. The maximum atomic E-state index is 5.45. The Hall–Kier alpha value is -0.990. The summed E-state index contributed by atoms with van der Waals surface area (Å²) >= 11 is 5.41. The molecule has 0 amide bonds. The van der Waals surface area contributed by atoms with Crippen LogP contribution in [0, 0.1) is 5.92 Å². The third-order valence-corrected chi connectivity index (χ3v) is 2.42. The molecule has 0 aliphatic heterocycles. The van der Waals surface area contributed by atoms with Crippen LogP contribution in [0.1, 0.15) is 19.4 Å². The van der Waals surface area contributed by atoms with E-state index in [1.807, 2.05) is 12.1 Å². The first-order valence-electron chi connectivity index (χ1n) is 5.90. The minimum absolute atomic E-state index is 0.508. The smallest absolute Gasteiger partial charge is 0.119 e. The number of benzene rings is 1. The van der Waals surface area contributed by atoms with E-state index in [-0.39, 0.29) is 0 Å². The molecule has 1 aromatic rings. The van der Waals surface area contributed by atoms with Gasteiger partial charge in [-0.3, -0.25) is 0 Å². The largest absolute Gasteiger partial charge is 0.490 e. The molecule has 1 N–H and O–H groups in total. The fraction of sp³-hybridized carbons (Fsp3) is 0.429. The zero-order valence-corrected chi connectivity index (χ0v) is 11.2. The first-order chi connectivity index (χ1) is 8.22. The van der Waals surface area contributed by atoms with Crippen LogP contribution in [-0.2, 0) is 6.54 Å². The molecule has 0 aliphatic carbocycles. The van der Waals surface area contributed by atoms with E-state index in [0.29, 0.717) is 12.5 Å². The molecule has 94 valence electrons. The normalized spacial score (nSPS) is 11.3. The molecule has 1 rings (SSSR count). The Morgan fingerprint density at radius 2 is 2.00 bits per heavy atom. The third-order valence-electron chi connectivity index (χ3n) is 2.24. The molecular formula is C14H20ClNO. The van der Waals surface area contributed by atoms with Gasteiger partial charge in [0.25, 0.3) is 0 Å². The lowest BCUT2D eigenvalue weighted by Gasteiger charge is -2.08. The molecule has 0 radical (unpaired) electrons. The molecule has 0 aliphatic rings. The Kier molecular flexibility index (Phi) is 6.75. The van der Waals surface area contributed by atoms with Crippen molar-refractivity contribution in [2.24, 2.45) is 5.92 Å². The second-order valence-electron chi connectivity index (χ2n) is 4.34. The number of nitrogens with one attached hydrogen (secondary N) is 1. The number of ether oxygens (including phenoxy) is 1. The summed E-state index contributed by atoms with van der Waals surface area (Å²) in [5.41, 5.74) is 2.73. The highest BCUT2D eigenvalue weighted by Crippen LogP contribution is 2.12. The Morgan fingerprint density at radius 1 is 1.29 bits per heavy atom. The van der Waals surface area contributed by atoms with Gasteiger partial charge in [-0.05, 0) is 36.2 Å². The van der Waals surface area contributed by atoms with Gasteiger partial charge < -0.3 is 10.1 Å². The zero-order valence-electron chi connectivity index (χ0n) is 10.4. The minimum Gasteiger partial charge on any atom is -0.490 e. The number of rotatable bonds is 7. The van der Waals surface area contributed by atoms with Gasteiger partial charge in [-0.15, -0.1) is 0 Å². The van der Waals surface area contributed by atoms with Crippen molar-refractivity contribution in [1.82, 2.24) is 5.32 Å². The van der Waals surface area contributed by atoms with E-state index in [0.717, 1.165) is 18.8 Å². The molecule has 0 atom stereocenters. The van der Waals surface area contributed by atoms with Gasteiger partial charge in [-0.1, -0.05) is 37.6 Å². The fourth-order valence-corrected chi connectivity index (χ4v) is 1.46. The van der Waals surface area contributed by atoms with Crippen LogP contribution in [0.25, 0.3) is 0 Å². The van der Waals surface area contributed by atoms with Crippen LogP contribution < -0.4 is 10.1 Å². The first-order valence-corrected chi connectivity index (χ1v) is 6.33. The number of hydrogen-bond donors (Lipinski definition) is 1. The van der Waals surface area contributed by atoms with Gasteiger partial charge in [0.1, 0.15) is 12.4 Å². The topological polar surface area (TPSA) is 21.3 Å². The fourth-order valence-electron chi connectivity index (χ4n) is 1.39. The van der Waals surface area contributed by atoms with Crippen LogP contribution in [0.15, 0.2) is 35.9 Å². The molecular weight excluding hydrogens is 234 g/mol. The van der Waals surface area contributed by atoms with Crippen molar-refractivity contribution in [1.29, 1.82) is 0 Å². The lowest BCUT2D eigenvalue weighted by Crippen LogP contribution is -2.18. The quantitative estimate of drug-likeness (QED) is 0.802. The Morgan fingerprint density at radius 3 is 2.59 bits per heavy atom. The van der Waals surface area contributed by atoms with Gasteiger partial charge >= 0.3 is 0 Å². The predicted octanol–water partition coefficient (Wildman–Crippen LogP) is 3.56. The van der Waals surface area contributed by atoms with Crippen molar-refractivity contribution in [2.45, 2.75) is 20.4 Å². The molecule has 0 spiro atoms. The zero-order chi connectivity index (χ0) is 12.5. The van der Waals surface area contributed by atoms with Gasteiger partial charge in [0.05, 0.1) is 0 Å². The summed E-state index contributed by atoms with van der Waals surface area (Å²) in [6, 6.07) is 8.11. The monoisotopic (exact) mass is 253 g/mol. The highest BCUT2D eigenvalue weighted by molar-refractivity contribution is 6.25. The summed E-state index contributed by atoms with van der Waals surface area (Å²) < 4.78 is 5.45. The maximum absolute atomic E-state index is 5.45. The summed E-state index contributed by atoms with van der Waals surface area (Å²) in [7, 11) is 0. The average Bonchev–Trinajstić information content (AvgIpc) is 2.31. The van der Waals surface area contributed by atoms with Crippen molar-refractivity contribution >= 4 is 11.6 Å². The highest BCUT2D eigenvalue weighted by atomic mass is 35.5. The number of hydrogen-bond acceptors (Lipinski definition) is 2. The Bertz CT molecular complexity index is 333. The molecule has 17 heavy (non-hydrogen) atoms. The van der Waals surface area contributed by atoms with Crippen LogP contribution in [0.3, 0.4) is 0 Å². The second-order valence-corrected chi connectivity index (χ2v) is 4.59. The average molecular weight is 254 g/mol. The predicted molar refractivity (Wildman–Crippen MR) is 73.5 cm³/mol. The molecule has 0 unspecified atom stereocenters. The van der Waals surface area contributed by atoms with Gasteiger partial charge in [0.15, 0.2) is 0 Å². The van der Waals surface area contributed by atoms with Gasteiger partial charge in [0, 0.05) is 12.1 Å². The molecule has 3 heteroatoms. The van der Waals surface area contributed by atoms with E-state index in [2.05, 4.69) is 31.3 Å². The van der Waals surface area contributed by atoms with Crippen LogP contribution in [0.2, 0.25) is 0 Å². The molecule has 0 aromatic heterocycles. The van der Waals surface area contributed by atoms with Crippen molar-refractivity contribution in [3.63, 3.8) is 0 Å². The molecule has 0 bridgehead atoms. The van der Waals surface area contributed by atoms with E-state index < -0.39 is 0 Å². The van der Waals surface area contributed by atoms with Crippen molar-refractivity contribution < 1.29 is 4.74 Å². The standard InChI is InChI=1S/C14H20ClNO/c1-12(2)10-16-11-13-4-6-14(7-5-13)17-9-3-8-15/h3-8,12,16H,9-11H2,1-2H3. The van der Waals surface area contributed by atoms with Gasteiger partial charge in [-0.2, -0.15) is 0 Å². The van der Waals surface area contributed by atoms with E-state index in [1.54, 1.807) is 6.08 Å². The molecule has 0 saturated carbocycles. The number of halogens is 1. The summed E-state index contributed by atoms with van der Waals surface area (Å²) in [5.74, 6) is 1.55. The molecule has 1 aromatic carbocycles. The van der Waals surface area contributed by atoms with E-state index in [9.17, 15) is 0 Å². The lowest BCUT2D eigenvalue weighted by molar-refractivity contribution is 0.363. The van der Waals surface area contributed by atoms with Crippen LogP contribution in [0.4, 0.5) is 0 Å². The SMILES string of the molecule is CC(C)CNCc1ccc(OCC=CCl)cc1. The molecule has 2 nitrogen and oxygen atoms in total. The molecule has 0 saturated heterocycles. The first kappa shape index (κ1) is 14.1. The van der Waals surface area contributed by atoms with Crippen LogP contribution in [-0.4, -0.2) is 13.2 Å². The molecule has 0 fully saturated rings. The third kappa shape index (κ3) is 6.35. The van der Waals surface area contributed by atoms with Crippen LogP contribution in [0.5, 0.6) is 5.75 Å².